The van der Waals surface area contributed by atoms with Gasteiger partial charge in [-0.1, -0.05) is 20.3 Å². The summed E-state index contributed by atoms with van der Waals surface area (Å²) < 4.78 is 0. The molecule has 0 aromatic rings. The molecule has 1 N–H and O–H groups in total. The Morgan fingerprint density at radius 3 is 2.48 bits per heavy atom. The van der Waals surface area contributed by atoms with E-state index >= 15 is 0 Å². The Morgan fingerprint density at radius 2 is 1.86 bits per heavy atom. The van der Waals surface area contributed by atoms with E-state index in [1.165, 1.54) is 45.2 Å². The molecule has 2 saturated heterocycles. The van der Waals surface area contributed by atoms with Crippen molar-refractivity contribution in [3.05, 3.63) is 0 Å². The fraction of sp³-hybridized carbons (Fsp3) is 0.938. The first kappa shape index (κ1) is 19.0. The summed E-state index contributed by atoms with van der Waals surface area (Å²) in [7, 11) is 1.92. The van der Waals surface area contributed by atoms with Crippen LogP contribution in [-0.4, -0.2) is 61.6 Å². The van der Waals surface area contributed by atoms with Gasteiger partial charge in [0.1, 0.15) is 0 Å². The van der Waals surface area contributed by atoms with Gasteiger partial charge in [-0.3, -0.25) is 9.89 Å². The van der Waals surface area contributed by atoms with Gasteiger partial charge in [-0.25, -0.2) is 0 Å². The van der Waals surface area contributed by atoms with Gasteiger partial charge in [0.15, 0.2) is 5.96 Å². The Labute approximate surface area is 147 Å². The van der Waals surface area contributed by atoms with Gasteiger partial charge >= 0.3 is 0 Å². The number of guanidine groups is 1. The number of nitrogens with one attached hydrogen (secondary N) is 1. The second kappa shape index (κ2) is 9.87. The molecular formula is C16H33IN4. The quantitative estimate of drug-likeness (QED) is 0.443. The van der Waals surface area contributed by atoms with Crippen molar-refractivity contribution >= 4 is 29.9 Å². The molecule has 4 nitrogen and oxygen atoms in total. The predicted molar refractivity (Wildman–Crippen MR) is 102 cm³/mol. The zero-order chi connectivity index (χ0) is 14.4. The number of hydrogen-bond acceptors (Lipinski definition) is 2. The van der Waals surface area contributed by atoms with E-state index in [0.29, 0.717) is 6.04 Å². The summed E-state index contributed by atoms with van der Waals surface area (Å²) in [5.74, 6) is 1.98. The van der Waals surface area contributed by atoms with Crippen molar-refractivity contribution in [2.45, 2.75) is 52.0 Å². The molecule has 0 aliphatic carbocycles. The normalized spacial score (nSPS) is 25.6. The summed E-state index contributed by atoms with van der Waals surface area (Å²) in [6.07, 6.45) is 6.66. The topological polar surface area (TPSA) is 30.9 Å². The number of nitrogens with zero attached hydrogens (tertiary/aromatic N) is 3. The van der Waals surface area contributed by atoms with Crippen molar-refractivity contribution in [2.75, 3.05) is 39.8 Å². The molecule has 5 heteroatoms. The predicted octanol–water partition coefficient (Wildman–Crippen LogP) is 2.79. The molecule has 1 atom stereocenters. The molecule has 0 amide bonds. The van der Waals surface area contributed by atoms with Gasteiger partial charge in [0.05, 0.1) is 0 Å². The number of rotatable bonds is 3. The Kier molecular flexibility index (Phi) is 8.94. The van der Waals surface area contributed by atoms with E-state index in [0.717, 1.165) is 31.5 Å². The van der Waals surface area contributed by atoms with Gasteiger partial charge in [0.2, 0.25) is 0 Å². The van der Waals surface area contributed by atoms with Crippen LogP contribution in [-0.2, 0) is 0 Å². The molecule has 2 rings (SSSR count). The lowest BCUT2D eigenvalue weighted by molar-refractivity contribution is 0.156. The summed E-state index contributed by atoms with van der Waals surface area (Å²) in [4.78, 5) is 9.53. The number of halogens is 1. The van der Waals surface area contributed by atoms with Gasteiger partial charge in [0.25, 0.3) is 0 Å². The molecule has 0 saturated carbocycles. The summed E-state index contributed by atoms with van der Waals surface area (Å²) in [5.41, 5.74) is 0. The lowest BCUT2D eigenvalue weighted by Crippen LogP contribution is -2.51. The van der Waals surface area contributed by atoms with Crippen LogP contribution in [0.2, 0.25) is 0 Å². The molecule has 2 aliphatic heterocycles. The minimum atomic E-state index is 0. The lowest BCUT2D eigenvalue weighted by Gasteiger charge is -2.37. The highest BCUT2D eigenvalue weighted by molar-refractivity contribution is 14.0. The van der Waals surface area contributed by atoms with E-state index in [4.69, 9.17) is 0 Å². The first-order chi connectivity index (χ1) is 9.74. The van der Waals surface area contributed by atoms with E-state index in [1.54, 1.807) is 0 Å². The van der Waals surface area contributed by atoms with Gasteiger partial charge in [-0.15, -0.1) is 24.0 Å². The molecule has 2 heterocycles. The van der Waals surface area contributed by atoms with Gasteiger partial charge in [-0.2, -0.15) is 0 Å². The first-order valence-corrected chi connectivity index (χ1v) is 8.44. The van der Waals surface area contributed by atoms with Crippen LogP contribution in [0.1, 0.15) is 46.0 Å². The molecule has 0 radical (unpaired) electrons. The van der Waals surface area contributed by atoms with Crippen molar-refractivity contribution < 1.29 is 0 Å². The van der Waals surface area contributed by atoms with E-state index in [2.05, 4.69) is 34.0 Å². The van der Waals surface area contributed by atoms with E-state index in [9.17, 15) is 0 Å². The maximum atomic E-state index is 4.48. The standard InChI is InChI=1S/C16H32N4.HI/c1-4-19-10-6-5-7-15(19)13-18-16(17-3)20-11-8-14(2)9-12-20;/h14-15H,4-13H2,1-3H3,(H,17,18);1H. The summed E-state index contributed by atoms with van der Waals surface area (Å²) in [6, 6.07) is 0.689. The fourth-order valence-corrected chi connectivity index (χ4v) is 3.47. The molecule has 0 bridgehead atoms. The molecule has 1 unspecified atom stereocenters. The zero-order valence-corrected chi connectivity index (χ0v) is 16.3. The first-order valence-electron chi connectivity index (χ1n) is 8.44. The summed E-state index contributed by atoms with van der Waals surface area (Å²) in [6.45, 7) is 10.4. The van der Waals surface area contributed by atoms with Gasteiger partial charge < -0.3 is 10.2 Å². The van der Waals surface area contributed by atoms with E-state index in [-0.39, 0.29) is 24.0 Å². The van der Waals surface area contributed by atoms with Crippen LogP contribution < -0.4 is 5.32 Å². The van der Waals surface area contributed by atoms with Crippen LogP contribution in [0.4, 0.5) is 0 Å². The molecule has 21 heavy (non-hydrogen) atoms. The SMILES string of the molecule is CCN1CCCCC1CNC(=NC)N1CCC(C)CC1.I. The van der Waals surface area contributed by atoms with Gasteiger partial charge in [0, 0.05) is 32.7 Å². The number of hydrogen-bond donors (Lipinski definition) is 1. The van der Waals surface area contributed by atoms with Crippen molar-refractivity contribution in [2.24, 2.45) is 10.9 Å². The molecule has 2 aliphatic rings. The highest BCUT2D eigenvalue weighted by Crippen LogP contribution is 2.17. The largest absolute Gasteiger partial charge is 0.355 e. The number of aliphatic imine (C=N–C) groups is 1. The third-order valence-electron chi connectivity index (χ3n) is 4.95. The Balaban J connectivity index is 0.00000220. The number of likely N-dealkylation sites (tertiary alicyclic amines) is 2. The highest BCUT2D eigenvalue weighted by atomic mass is 127. The minimum Gasteiger partial charge on any atom is -0.355 e. The van der Waals surface area contributed by atoms with Crippen molar-refractivity contribution in [1.29, 1.82) is 0 Å². The third kappa shape index (κ3) is 5.58. The second-order valence-electron chi connectivity index (χ2n) is 6.38. The second-order valence-corrected chi connectivity index (χ2v) is 6.38. The third-order valence-corrected chi connectivity index (χ3v) is 4.95. The number of piperidine rings is 2. The smallest absolute Gasteiger partial charge is 0.193 e. The Morgan fingerprint density at radius 1 is 1.14 bits per heavy atom. The summed E-state index contributed by atoms with van der Waals surface area (Å²) >= 11 is 0. The molecule has 124 valence electrons. The summed E-state index contributed by atoms with van der Waals surface area (Å²) in [5, 5.41) is 3.62. The molecule has 0 aromatic heterocycles. The van der Waals surface area contributed by atoms with E-state index < -0.39 is 0 Å². The molecule has 2 fully saturated rings. The average Bonchev–Trinajstić information content (AvgIpc) is 2.50. The fourth-order valence-electron chi connectivity index (χ4n) is 3.47. The Bertz CT molecular complexity index is 313. The van der Waals surface area contributed by atoms with Crippen LogP contribution in [0.5, 0.6) is 0 Å². The molecule has 0 spiro atoms. The molecule has 0 aromatic carbocycles. The van der Waals surface area contributed by atoms with Crippen molar-refractivity contribution in [1.82, 2.24) is 15.1 Å². The monoisotopic (exact) mass is 408 g/mol. The molecular weight excluding hydrogens is 375 g/mol. The van der Waals surface area contributed by atoms with Crippen LogP contribution in [0, 0.1) is 5.92 Å². The van der Waals surface area contributed by atoms with Crippen molar-refractivity contribution in [3.63, 3.8) is 0 Å². The van der Waals surface area contributed by atoms with E-state index in [1.807, 2.05) is 7.05 Å². The van der Waals surface area contributed by atoms with Gasteiger partial charge in [-0.05, 0) is 44.7 Å². The Hall–Kier alpha value is -0.0400. The van der Waals surface area contributed by atoms with Crippen LogP contribution in [0.15, 0.2) is 4.99 Å². The van der Waals surface area contributed by atoms with Crippen molar-refractivity contribution in [3.8, 4) is 0 Å². The maximum absolute atomic E-state index is 4.48. The van der Waals surface area contributed by atoms with Crippen LogP contribution in [0.25, 0.3) is 0 Å². The highest BCUT2D eigenvalue weighted by Gasteiger charge is 2.23. The number of likely N-dealkylation sites (N-methyl/N-ethyl adjacent to an activating group) is 1. The lowest BCUT2D eigenvalue weighted by atomic mass is 9.99. The van der Waals surface area contributed by atoms with Crippen LogP contribution >= 0.6 is 24.0 Å². The average molecular weight is 408 g/mol. The zero-order valence-electron chi connectivity index (χ0n) is 14.0. The van der Waals surface area contributed by atoms with Crippen LogP contribution in [0.3, 0.4) is 0 Å². The maximum Gasteiger partial charge on any atom is 0.193 e. The minimum absolute atomic E-state index is 0.